The van der Waals surface area contributed by atoms with E-state index in [2.05, 4.69) is 11.4 Å². The van der Waals surface area contributed by atoms with Gasteiger partial charge in [-0.2, -0.15) is 22.3 Å². The highest BCUT2D eigenvalue weighted by atomic mass is 35.5. The highest BCUT2D eigenvalue weighted by molar-refractivity contribution is 7.86. The van der Waals surface area contributed by atoms with Crippen LogP contribution < -0.4 is 5.32 Å². The molecule has 2 aromatic rings. The number of likely N-dealkylation sites (tertiary alicyclic amines) is 1. The monoisotopic (exact) mass is 569 g/mol. The van der Waals surface area contributed by atoms with Crippen LogP contribution in [0.15, 0.2) is 54.6 Å². The molecule has 206 valence electrons. The van der Waals surface area contributed by atoms with E-state index >= 15 is 0 Å². The minimum atomic E-state index is -3.71. The molecule has 5 rings (SSSR count). The fourth-order valence-electron chi connectivity index (χ4n) is 5.66. The number of carbonyl (C=O) groups excluding carboxylic acids is 2. The summed E-state index contributed by atoms with van der Waals surface area (Å²) in [6, 6.07) is 18.1. The van der Waals surface area contributed by atoms with Crippen molar-refractivity contribution in [3.63, 3.8) is 0 Å². The first-order valence-corrected chi connectivity index (χ1v) is 15.1. The second-order valence-corrected chi connectivity index (χ2v) is 12.8. The summed E-state index contributed by atoms with van der Waals surface area (Å²) < 4.78 is 28.8. The van der Waals surface area contributed by atoms with E-state index in [0.717, 1.165) is 11.1 Å². The summed E-state index contributed by atoms with van der Waals surface area (Å²) in [6.45, 7) is 1.30. The van der Waals surface area contributed by atoms with Crippen LogP contribution in [0.3, 0.4) is 0 Å². The zero-order chi connectivity index (χ0) is 27.6. The van der Waals surface area contributed by atoms with E-state index in [0.29, 0.717) is 43.8 Å². The molecule has 0 aliphatic carbocycles. The standard InChI is InChI=1S/C28H32ClN5O4S/c29-24-12-10-22(11-13-24)26(21-6-2-1-3-7-21)31-27(35)25-9-5-15-34(25)28(36)23-8-4-14-32(19-23)39(37,38)33-17-20(16-30)18-33/h1-3,6-7,10-13,20,23,25-26H,4-5,8-9,14-15,17-19H2,(H,31,35)/t23-,25+,26+/m0/s1. The average molecular weight is 570 g/mol. The molecule has 3 atom stereocenters. The first-order chi connectivity index (χ1) is 18.8. The lowest BCUT2D eigenvalue weighted by Gasteiger charge is -2.41. The van der Waals surface area contributed by atoms with Crippen LogP contribution in [0, 0.1) is 23.2 Å². The third kappa shape index (κ3) is 5.82. The summed E-state index contributed by atoms with van der Waals surface area (Å²) in [5.74, 6) is -1.18. The molecule has 9 nitrogen and oxygen atoms in total. The third-order valence-electron chi connectivity index (χ3n) is 7.88. The van der Waals surface area contributed by atoms with Crippen LogP contribution in [0.2, 0.25) is 5.02 Å². The highest BCUT2D eigenvalue weighted by Gasteiger charge is 2.44. The molecule has 0 spiro atoms. The average Bonchev–Trinajstić information content (AvgIpc) is 3.42. The zero-order valence-electron chi connectivity index (χ0n) is 21.6. The highest BCUT2D eigenvalue weighted by Crippen LogP contribution is 2.30. The van der Waals surface area contributed by atoms with Crippen LogP contribution >= 0.6 is 11.6 Å². The van der Waals surface area contributed by atoms with Crippen molar-refractivity contribution in [2.45, 2.75) is 37.8 Å². The van der Waals surface area contributed by atoms with Gasteiger partial charge in [0.25, 0.3) is 10.2 Å². The molecule has 0 radical (unpaired) electrons. The van der Waals surface area contributed by atoms with Gasteiger partial charge in [0.1, 0.15) is 6.04 Å². The molecule has 3 aliphatic heterocycles. The number of hydrogen-bond acceptors (Lipinski definition) is 5. The summed E-state index contributed by atoms with van der Waals surface area (Å²) in [7, 11) is -3.71. The molecular formula is C28H32ClN5O4S. The van der Waals surface area contributed by atoms with Crippen LogP contribution in [0.25, 0.3) is 0 Å². The number of carbonyl (C=O) groups is 2. The van der Waals surface area contributed by atoms with Gasteiger partial charge in [0.15, 0.2) is 0 Å². The van der Waals surface area contributed by atoms with Gasteiger partial charge in [0.05, 0.1) is 23.9 Å². The molecule has 3 fully saturated rings. The summed E-state index contributed by atoms with van der Waals surface area (Å²) in [4.78, 5) is 28.9. The Morgan fingerprint density at radius 3 is 2.28 bits per heavy atom. The second-order valence-electron chi connectivity index (χ2n) is 10.4. The van der Waals surface area contributed by atoms with Crippen molar-refractivity contribution >= 4 is 33.6 Å². The Labute approximate surface area is 234 Å². The van der Waals surface area contributed by atoms with E-state index in [-0.39, 0.29) is 37.4 Å². The number of hydrogen-bond donors (Lipinski definition) is 1. The van der Waals surface area contributed by atoms with Gasteiger partial charge in [0.2, 0.25) is 11.8 Å². The predicted molar refractivity (Wildman–Crippen MR) is 147 cm³/mol. The minimum absolute atomic E-state index is 0.0944. The Balaban J connectivity index is 1.28. The molecule has 0 unspecified atom stereocenters. The molecule has 3 saturated heterocycles. The van der Waals surface area contributed by atoms with Gasteiger partial charge < -0.3 is 10.2 Å². The van der Waals surface area contributed by atoms with Gasteiger partial charge in [-0.15, -0.1) is 0 Å². The summed E-state index contributed by atoms with van der Waals surface area (Å²) in [5, 5.41) is 12.8. The van der Waals surface area contributed by atoms with Crippen molar-refractivity contribution in [1.82, 2.24) is 18.8 Å². The molecule has 3 heterocycles. The maximum Gasteiger partial charge on any atom is 0.282 e. The molecule has 0 saturated carbocycles. The first-order valence-electron chi connectivity index (χ1n) is 13.3. The summed E-state index contributed by atoms with van der Waals surface area (Å²) in [5.41, 5.74) is 1.80. The van der Waals surface area contributed by atoms with Crippen molar-refractivity contribution in [3.8, 4) is 6.07 Å². The number of halogens is 1. The molecule has 0 bridgehead atoms. The normalized spacial score (nSPS) is 23.5. The Bertz CT molecular complexity index is 1340. The smallest absolute Gasteiger partial charge is 0.282 e. The van der Waals surface area contributed by atoms with E-state index in [1.54, 1.807) is 17.0 Å². The van der Waals surface area contributed by atoms with E-state index in [1.165, 1.54) is 8.61 Å². The van der Waals surface area contributed by atoms with Gasteiger partial charge >= 0.3 is 0 Å². The Morgan fingerprint density at radius 2 is 1.59 bits per heavy atom. The molecule has 11 heteroatoms. The van der Waals surface area contributed by atoms with Crippen LogP contribution in [0.1, 0.15) is 42.9 Å². The summed E-state index contributed by atoms with van der Waals surface area (Å²) >= 11 is 6.09. The predicted octanol–water partition coefficient (Wildman–Crippen LogP) is 2.95. The molecule has 3 aliphatic rings. The SMILES string of the molecule is N#CC1CN(S(=O)(=O)N2CCC[C@H](C(=O)N3CCC[C@@H]3C(=O)N[C@H](c3ccccc3)c3ccc(Cl)cc3)C2)C1. The van der Waals surface area contributed by atoms with Crippen LogP contribution in [-0.4, -0.2) is 72.5 Å². The van der Waals surface area contributed by atoms with E-state index in [9.17, 15) is 18.0 Å². The van der Waals surface area contributed by atoms with E-state index in [1.807, 2.05) is 42.5 Å². The lowest BCUT2D eigenvalue weighted by atomic mass is 9.97. The van der Waals surface area contributed by atoms with Gasteiger partial charge in [-0.05, 0) is 48.9 Å². The van der Waals surface area contributed by atoms with Crippen molar-refractivity contribution in [2.24, 2.45) is 11.8 Å². The molecule has 39 heavy (non-hydrogen) atoms. The van der Waals surface area contributed by atoms with Crippen LogP contribution in [-0.2, 0) is 19.8 Å². The molecule has 1 N–H and O–H groups in total. The maximum absolute atomic E-state index is 13.7. The first kappa shape index (κ1) is 27.6. The minimum Gasteiger partial charge on any atom is -0.343 e. The summed E-state index contributed by atoms with van der Waals surface area (Å²) in [6.07, 6.45) is 2.41. The molecule has 2 aromatic carbocycles. The largest absolute Gasteiger partial charge is 0.343 e. The van der Waals surface area contributed by atoms with Crippen LogP contribution in [0.4, 0.5) is 0 Å². The van der Waals surface area contributed by atoms with E-state index < -0.39 is 28.2 Å². The molecule has 0 aromatic heterocycles. The van der Waals surface area contributed by atoms with Crippen molar-refractivity contribution < 1.29 is 18.0 Å². The fraction of sp³-hybridized carbons (Fsp3) is 0.464. The number of rotatable bonds is 7. The lowest BCUT2D eigenvalue weighted by molar-refractivity contribution is -0.142. The number of amides is 2. The Kier molecular flexibility index (Phi) is 8.24. The number of benzene rings is 2. The number of nitrogens with one attached hydrogen (secondary N) is 1. The van der Waals surface area contributed by atoms with Crippen molar-refractivity contribution in [2.75, 3.05) is 32.7 Å². The van der Waals surface area contributed by atoms with Gasteiger partial charge in [-0.1, -0.05) is 54.1 Å². The molecule has 2 amide bonds. The lowest BCUT2D eigenvalue weighted by Crippen LogP contribution is -2.57. The maximum atomic E-state index is 13.7. The Morgan fingerprint density at radius 1 is 0.923 bits per heavy atom. The van der Waals surface area contributed by atoms with Crippen molar-refractivity contribution in [1.29, 1.82) is 5.26 Å². The molecular weight excluding hydrogens is 538 g/mol. The zero-order valence-corrected chi connectivity index (χ0v) is 23.2. The fourth-order valence-corrected chi connectivity index (χ4v) is 7.58. The second kappa shape index (κ2) is 11.6. The number of piperidine rings is 1. The van der Waals surface area contributed by atoms with Gasteiger partial charge in [-0.25, -0.2) is 0 Å². The van der Waals surface area contributed by atoms with Gasteiger partial charge in [0, 0.05) is 37.7 Å². The number of nitrogens with zero attached hydrogens (tertiary/aromatic N) is 4. The quantitative estimate of drug-likeness (QED) is 0.551. The number of nitriles is 1. The van der Waals surface area contributed by atoms with Crippen LogP contribution in [0.5, 0.6) is 0 Å². The topological polar surface area (TPSA) is 114 Å². The van der Waals surface area contributed by atoms with Gasteiger partial charge in [-0.3, -0.25) is 9.59 Å². The van der Waals surface area contributed by atoms with E-state index in [4.69, 9.17) is 16.9 Å². The third-order valence-corrected chi connectivity index (χ3v) is 10.1. The van der Waals surface area contributed by atoms with Crippen molar-refractivity contribution in [3.05, 3.63) is 70.7 Å². The Hall–Kier alpha value is -2.97.